The Hall–Kier alpha value is -3.75. The van der Waals surface area contributed by atoms with Crippen LogP contribution in [0.15, 0.2) is 47.3 Å². The fraction of sp³-hybridized carbons (Fsp3) is 0.375. The van der Waals surface area contributed by atoms with Crippen LogP contribution in [-0.4, -0.2) is 45.7 Å². The number of hydrogen-bond acceptors (Lipinski definition) is 6. The highest BCUT2D eigenvalue weighted by atomic mass is 16.5. The smallest absolute Gasteiger partial charge is 0.347 e. The molecule has 176 valence electrons. The molecular weight excluding hydrogens is 426 g/mol. The van der Waals surface area contributed by atoms with Crippen LogP contribution in [0.1, 0.15) is 37.2 Å². The Morgan fingerprint density at radius 1 is 1.06 bits per heavy atom. The number of aromatic amines is 1. The van der Waals surface area contributed by atoms with Crippen molar-refractivity contribution >= 4 is 5.97 Å². The minimum absolute atomic E-state index is 0.273. The molecule has 1 heterocycles. The first-order chi connectivity index (χ1) is 15.7. The van der Waals surface area contributed by atoms with Crippen LogP contribution in [0.5, 0.6) is 17.2 Å². The Labute approximate surface area is 191 Å². The average Bonchev–Trinajstić information content (AvgIpc) is 3.14. The number of carboxylic acid groups (broad SMARTS) is 1. The van der Waals surface area contributed by atoms with E-state index in [1.165, 1.54) is 13.8 Å². The van der Waals surface area contributed by atoms with Crippen molar-refractivity contribution in [1.82, 2.24) is 14.8 Å². The third-order valence-electron chi connectivity index (χ3n) is 5.34. The zero-order chi connectivity index (χ0) is 24.0. The number of methoxy groups -OCH3 is 2. The Bertz CT molecular complexity index is 1150. The van der Waals surface area contributed by atoms with Gasteiger partial charge in [-0.05, 0) is 56.5 Å². The van der Waals surface area contributed by atoms with E-state index in [-0.39, 0.29) is 5.69 Å². The maximum Gasteiger partial charge on any atom is 0.347 e. The van der Waals surface area contributed by atoms with Crippen LogP contribution in [0.4, 0.5) is 0 Å². The van der Waals surface area contributed by atoms with Crippen molar-refractivity contribution in [2.24, 2.45) is 0 Å². The van der Waals surface area contributed by atoms with Gasteiger partial charge in [0, 0.05) is 18.1 Å². The largest absolute Gasteiger partial charge is 0.497 e. The number of nitrogens with one attached hydrogen (secondary N) is 1. The van der Waals surface area contributed by atoms with Gasteiger partial charge in [0.25, 0.3) is 0 Å². The fourth-order valence-corrected chi connectivity index (χ4v) is 3.37. The number of carboxylic acids is 1. The number of hydrogen-bond donors (Lipinski definition) is 2. The zero-order valence-corrected chi connectivity index (χ0v) is 19.3. The molecule has 3 aromatic rings. The van der Waals surface area contributed by atoms with E-state index in [1.54, 1.807) is 37.0 Å². The van der Waals surface area contributed by atoms with Gasteiger partial charge in [-0.15, -0.1) is 0 Å². The van der Waals surface area contributed by atoms with Crippen LogP contribution in [0.25, 0.3) is 0 Å². The summed E-state index contributed by atoms with van der Waals surface area (Å²) in [4.78, 5) is 23.5. The van der Waals surface area contributed by atoms with Gasteiger partial charge in [-0.25, -0.2) is 14.7 Å². The number of rotatable bonds is 11. The molecule has 9 heteroatoms. The summed E-state index contributed by atoms with van der Waals surface area (Å²) in [5.74, 6) is 1.46. The Morgan fingerprint density at radius 2 is 1.76 bits per heavy atom. The molecule has 3 rings (SSSR count). The molecule has 0 bridgehead atoms. The lowest BCUT2D eigenvalue weighted by atomic mass is 10.1. The molecule has 0 aliphatic carbocycles. The molecule has 2 N–H and O–H groups in total. The van der Waals surface area contributed by atoms with Gasteiger partial charge in [0.2, 0.25) is 0 Å². The van der Waals surface area contributed by atoms with Gasteiger partial charge in [-0.3, -0.25) is 4.57 Å². The molecule has 0 unspecified atom stereocenters. The van der Waals surface area contributed by atoms with E-state index in [2.05, 4.69) is 10.2 Å². The van der Waals surface area contributed by atoms with Crippen molar-refractivity contribution in [3.8, 4) is 17.2 Å². The lowest BCUT2D eigenvalue weighted by molar-refractivity contribution is -0.152. The van der Waals surface area contributed by atoms with Gasteiger partial charge in [0.1, 0.15) is 23.1 Å². The van der Waals surface area contributed by atoms with Crippen molar-refractivity contribution in [3.05, 3.63) is 69.9 Å². The summed E-state index contributed by atoms with van der Waals surface area (Å²) in [6, 6.07) is 12.8. The third kappa shape index (κ3) is 5.94. The summed E-state index contributed by atoms with van der Waals surface area (Å²) in [6.45, 7) is 3.35. The van der Waals surface area contributed by atoms with E-state index >= 15 is 0 Å². The number of H-pyrrole nitrogens is 1. The van der Waals surface area contributed by atoms with Gasteiger partial charge in [0.15, 0.2) is 5.60 Å². The first-order valence-corrected chi connectivity index (χ1v) is 10.6. The molecule has 0 fully saturated rings. The van der Waals surface area contributed by atoms with Crippen LogP contribution in [0, 0.1) is 0 Å². The van der Waals surface area contributed by atoms with Gasteiger partial charge < -0.3 is 19.3 Å². The van der Waals surface area contributed by atoms with Crippen LogP contribution < -0.4 is 19.9 Å². The van der Waals surface area contributed by atoms with E-state index in [9.17, 15) is 14.7 Å². The van der Waals surface area contributed by atoms with E-state index in [0.29, 0.717) is 36.0 Å². The van der Waals surface area contributed by atoms with Crippen molar-refractivity contribution in [2.45, 2.75) is 45.3 Å². The number of benzene rings is 2. The van der Waals surface area contributed by atoms with Crippen molar-refractivity contribution in [2.75, 3.05) is 14.2 Å². The van der Waals surface area contributed by atoms with Crippen molar-refractivity contribution < 1.29 is 24.1 Å². The second-order valence-electron chi connectivity index (χ2n) is 8.12. The lowest BCUT2D eigenvalue weighted by Crippen LogP contribution is -2.37. The van der Waals surface area contributed by atoms with Crippen molar-refractivity contribution in [1.29, 1.82) is 0 Å². The second-order valence-corrected chi connectivity index (χ2v) is 8.12. The highest BCUT2D eigenvalue weighted by molar-refractivity contribution is 5.76. The Kier molecular flexibility index (Phi) is 7.42. The Balaban J connectivity index is 1.62. The standard InChI is InChI=1S/C24H29N3O6/c1-24(2,22(28)29)33-18-11-8-16(9-12-18)6-5-7-21-25-26-23(30)27(21)15-17-10-13-19(31-3)14-20(17)32-4/h8-14H,5-7,15H2,1-4H3,(H,26,30)(H,28,29). The first-order valence-electron chi connectivity index (χ1n) is 10.6. The number of aromatic nitrogens is 3. The first kappa shape index (κ1) is 23.9. The normalized spacial score (nSPS) is 11.3. The molecule has 0 aliphatic rings. The summed E-state index contributed by atoms with van der Waals surface area (Å²) >= 11 is 0. The van der Waals surface area contributed by atoms with E-state index in [0.717, 1.165) is 24.0 Å². The van der Waals surface area contributed by atoms with Gasteiger partial charge >= 0.3 is 11.7 Å². The molecule has 9 nitrogen and oxygen atoms in total. The molecule has 0 atom stereocenters. The predicted octanol–water partition coefficient (Wildman–Crippen LogP) is 3.05. The highest BCUT2D eigenvalue weighted by Crippen LogP contribution is 2.25. The van der Waals surface area contributed by atoms with Gasteiger partial charge in [0.05, 0.1) is 20.8 Å². The number of aryl methyl sites for hydroxylation is 2. The third-order valence-corrected chi connectivity index (χ3v) is 5.34. The fourth-order valence-electron chi connectivity index (χ4n) is 3.37. The number of nitrogens with zero attached hydrogens (tertiary/aromatic N) is 2. The number of carbonyl (C=O) groups is 1. The maximum atomic E-state index is 12.3. The zero-order valence-electron chi connectivity index (χ0n) is 19.3. The molecule has 1 aromatic heterocycles. The van der Waals surface area contributed by atoms with Crippen LogP contribution >= 0.6 is 0 Å². The predicted molar refractivity (Wildman–Crippen MR) is 122 cm³/mol. The van der Waals surface area contributed by atoms with E-state index in [4.69, 9.17) is 14.2 Å². The highest BCUT2D eigenvalue weighted by Gasteiger charge is 2.29. The average molecular weight is 456 g/mol. The molecule has 0 spiro atoms. The second kappa shape index (κ2) is 10.2. The monoisotopic (exact) mass is 455 g/mol. The van der Waals surface area contributed by atoms with Gasteiger partial charge in [-0.1, -0.05) is 12.1 Å². The SMILES string of the molecule is COc1ccc(Cn2c(CCCc3ccc(OC(C)(C)C(=O)O)cc3)n[nH]c2=O)c(OC)c1. The number of aliphatic carboxylic acids is 1. The summed E-state index contributed by atoms with van der Waals surface area (Å²) in [5.41, 5.74) is 0.364. The summed E-state index contributed by atoms with van der Waals surface area (Å²) in [6.07, 6.45) is 2.17. The lowest BCUT2D eigenvalue weighted by Gasteiger charge is -2.21. The molecule has 0 aliphatic heterocycles. The molecule has 0 amide bonds. The molecule has 0 saturated carbocycles. The molecular formula is C24H29N3O6. The molecule has 0 saturated heterocycles. The summed E-state index contributed by atoms with van der Waals surface area (Å²) < 4.78 is 17.8. The van der Waals surface area contributed by atoms with E-state index < -0.39 is 11.6 Å². The number of ether oxygens (including phenoxy) is 3. The van der Waals surface area contributed by atoms with Gasteiger partial charge in [-0.2, -0.15) is 5.10 Å². The van der Waals surface area contributed by atoms with Crippen LogP contribution in [-0.2, 0) is 24.2 Å². The minimum atomic E-state index is -1.29. The van der Waals surface area contributed by atoms with Crippen LogP contribution in [0.3, 0.4) is 0 Å². The molecule has 0 radical (unpaired) electrons. The topological polar surface area (TPSA) is 116 Å². The minimum Gasteiger partial charge on any atom is -0.497 e. The summed E-state index contributed by atoms with van der Waals surface area (Å²) in [5, 5.41) is 15.9. The van der Waals surface area contributed by atoms with Crippen molar-refractivity contribution in [3.63, 3.8) is 0 Å². The molecule has 33 heavy (non-hydrogen) atoms. The molecule has 2 aromatic carbocycles. The van der Waals surface area contributed by atoms with Crippen LogP contribution in [0.2, 0.25) is 0 Å². The Morgan fingerprint density at radius 3 is 2.39 bits per heavy atom. The quantitative estimate of drug-likeness (QED) is 0.456. The maximum absolute atomic E-state index is 12.3. The summed E-state index contributed by atoms with van der Waals surface area (Å²) in [7, 11) is 3.17. The van der Waals surface area contributed by atoms with E-state index in [1.807, 2.05) is 24.3 Å².